The number of nitrogens with one attached hydrogen (secondary N) is 1. The second kappa shape index (κ2) is 8.46. The van der Waals surface area contributed by atoms with E-state index in [0.717, 1.165) is 25.7 Å². The van der Waals surface area contributed by atoms with Gasteiger partial charge < -0.3 is 19.1 Å². The molecule has 29 heavy (non-hydrogen) atoms. The summed E-state index contributed by atoms with van der Waals surface area (Å²) in [5.74, 6) is 0.147. The highest BCUT2D eigenvalue weighted by Gasteiger charge is 2.19. The third-order valence-electron chi connectivity index (χ3n) is 5.17. The van der Waals surface area contributed by atoms with Crippen LogP contribution in [0.1, 0.15) is 32.1 Å². The van der Waals surface area contributed by atoms with Gasteiger partial charge in [-0.2, -0.15) is 4.98 Å². The fourth-order valence-corrected chi connectivity index (χ4v) is 3.67. The second-order valence-electron chi connectivity index (χ2n) is 7.20. The molecule has 0 unspecified atom stereocenters. The van der Waals surface area contributed by atoms with Crippen molar-refractivity contribution in [1.82, 2.24) is 20.0 Å². The van der Waals surface area contributed by atoms with Gasteiger partial charge in [-0.05, 0) is 43.2 Å². The molecule has 1 fully saturated rings. The lowest BCUT2D eigenvalue weighted by Crippen LogP contribution is -2.38. The lowest BCUT2D eigenvalue weighted by Gasteiger charge is -2.23. The van der Waals surface area contributed by atoms with Gasteiger partial charge in [0.2, 0.25) is 11.7 Å². The number of hydrogen-bond acceptors (Lipinski definition) is 5. The van der Waals surface area contributed by atoms with E-state index < -0.39 is 5.82 Å². The van der Waals surface area contributed by atoms with E-state index in [1.54, 1.807) is 22.9 Å². The van der Waals surface area contributed by atoms with Crippen LogP contribution in [0.25, 0.3) is 23.0 Å². The van der Waals surface area contributed by atoms with Crippen molar-refractivity contribution in [3.63, 3.8) is 0 Å². The van der Waals surface area contributed by atoms with Gasteiger partial charge in [-0.1, -0.05) is 24.4 Å². The minimum atomic E-state index is -0.501. The first kappa shape index (κ1) is 19.2. The highest BCUT2D eigenvalue weighted by Crippen LogP contribution is 2.26. The molecule has 0 bridgehead atoms. The SMILES string of the molecule is COc1ccc(-c2noc(-c3cccn3CC(=O)NC3CCCCC3)n2)cc1F. The van der Waals surface area contributed by atoms with Crippen LogP contribution in [0.15, 0.2) is 41.1 Å². The number of nitrogens with zero attached hydrogens (tertiary/aromatic N) is 3. The third kappa shape index (κ3) is 4.31. The smallest absolute Gasteiger partial charge is 0.274 e. The zero-order valence-electron chi connectivity index (χ0n) is 16.2. The van der Waals surface area contributed by atoms with Crippen LogP contribution in [0.5, 0.6) is 5.75 Å². The zero-order chi connectivity index (χ0) is 20.2. The van der Waals surface area contributed by atoms with Crippen LogP contribution in [0.4, 0.5) is 4.39 Å². The number of ether oxygens (including phenoxy) is 1. The number of benzene rings is 1. The highest BCUT2D eigenvalue weighted by atomic mass is 19.1. The Morgan fingerprint density at radius 2 is 2.14 bits per heavy atom. The zero-order valence-corrected chi connectivity index (χ0v) is 16.2. The van der Waals surface area contributed by atoms with Crippen LogP contribution in [-0.4, -0.2) is 33.8 Å². The summed E-state index contributed by atoms with van der Waals surface area (Å²) in [6.07, 6.45) is 7.44. The molecule has 0 saturated heterocycles. The Hall–Kier alpha value is -3.16. The summed E-state index contributed by atoms with van der Waals surface area (Å²) in [7, 11) is 1.41. The third-order valence-corrected chi connectivity index (χ3v) is 5.17. The quantitative estimate of drug-likeness (QED) is 0.683. The molecule has 0 aliphatic heterocycles. The average Bonchev–Trinajstić information content (AvgIpc) is 3.38. The minimum absolute atomic E-state index is 0.0358. The lowest BCUT2D eigenvalue weighted by atomic mass is 9.95. The first-order chi connectivity index (χ1) is 14.1. The molecule has 1 aliphatic carbocycles. The van der Waals surface area contributed by atoms with Gasteiger partial charge in [0.25, 0.3) is 5.89 Å². The summed E-state index contributed by atoms with van der Waals surface area (Å²) >= 11 is 0. The molecule has 7 nitrogen and oxygen atoms in total. The number of hydrogen-bond donors (Lipinski definition) is 1. The van der Waals surface area contributed by atoms with Crippen LogP contribution >= 0.6 is 0 Å². The van der Waals surface area contributed by atoms with Gasteiger partial charge in [0.05, 0.1) is 7.11 Å². The molecule has 2 aromatic heterocycles. The van der Waals surface area contributed by atoms with E-state index in [9.17, 15) is 9.18 Å². The number of aromatic nitrogens is 3. The number of carbonyl (C=O) groups excluding carboxylic acids is 1. The van der Waals surface area contributed by atoms with Crippen molar-refractivity contribution in [1.29, 1.82) is 0 Å². The molecule has 1 aromatic carbocycles. The molecule has 8 heteroatoms. The molecule has 3 aromatic rings. The van der Waals surface area contributed by atoms with Gasteiger partial charge in [0.15, 0.2) is 11.6 Å². The van der Waals surface area contributed by atoms with Crippen molar-refractivity contribution in [2.75, 3.05) is 7.11 Å². The number of halogens is 1. The van der Waals surface area contributed by atoms with Crippen molar-refractivity contribution < 1.29 is 18.4 Å². The van der Waals surface area contributed by atoms with E-state index in [-0.39, 0.29) is 36.0 Å². The molecular formula is C21H23FN4O3. The molecule has 0 spiro atoms. The predicted octanol–water partition coefficient (Wildman–Crippen LogP) is 3.80. The first-order valence-electron chi connectivity index (χ1n) is 9.76. The molecule has 152 valence electrons. The van der Waals surface area contributed by atoms with E-state index in [0.29, 0.717) is 11.3 Å². The van der Waals surface area contributed by atoms with Gasteiger partial charge in [-0.3, -0.25) is 4.79 Å². The molecule has 4 rings (SSSR count). The van der Waals surface area contributed by atoms with E-state index in [1.807, 2.05) is 6.07 Å². The van der Waals surface area contributed by atoms with Crippen molar-refractivity contribution in [3.05, 3.63) is 42.3 Å². The van der Waals surface area contributed by atoms with Crippen LogP contribution in [0.3, 0.4) is 0 Å². The number of amides is 1. The standard InChI is InChI=1S/C21H23FN4O3/c1-28-18-10-9-14(12-16(18)22)20-24-21(29-25-20)17-8-5-11-26(17)13-19(27)23-15-6-3-2-4-7-15/h5,8-12,15H,2-4,6-7,13H2,1H3,(H,23,27). The molecular weight excluding hydrogens is 375 g/mol. The van der Waals surface area contributed by atoms with Crippen LogP contribution < -0.4 is 10.1 Å². The Morgan fingerprint density at radius 3 is 2.90 bits per heavy atom. The first-order valence-corrected chi connectivity index (χ1v) is 9.76. The van der Waals surface area contributed by atoms with E-state index in [1.165, 1.54) is 25.7 Å². The van der Waals surface area contributed by atoms with Gasteiger partial charge in [0.1, 0.15) is 12.2 Å². The summed E-state index contributed by atoms with van der Waals surface area (Å²) < 4.78 is 26.0. The lowest BCUT2D eigenvalue weighted by molar-refractivity contribution is -0.122. The molecule has 0 atom stereocenters. The Morgan fingerprint density at radius 1 is 1.31 bits per heavy atom. The predicted molar refractivity (Wildman–Crippen MR) is 105 cm³/mol. The maximum absolute atomic E-state index is 14.0. The largest absolute Gasteiger partial charge is 0.494 e. The average molecular weight is 398 g/mol. The van der Waals surface area contributed by atoms with Gasteiger partial charge in [-0.25, -0.2) is 4.39 Å². The van der Waals surface area contributed by atoms with E-state index in [4.69, 9.17) is 9.26 Å². The Balaban J connectivity index is 1.48. The monoisotopic (exact) mass is 398 g/mol. The van der Waals surface area contributed by atoms with Gasteiger partial charge in [0, 0.05) is 17.8 Å². The summed E-state index contributed by atoms with van der Waals surface area (Å²) in [5.41, 5.74) is 1.11. The van der Waals surface area contributed by atoms with Crippen LogP contribution in [0.2, 0.25) is 0 Å². The summed E-state index contributed by atoms with van der Waals surface area (Å²) in [4.78, 5) is 16.8. The second-order valence-corrected chi connectivity index (χ2v) is 7.20. The maximum atomic E-state index is 14.0. The normalized spacial score (nSPS) is 14.7. The summed E-state index contributed by atoms with van der Waals surface area (Å²) in [6.45, 7) is 0.174. The van der Waals surface area contributed by atoms with Crippen molar-refractivity contribution >= 4 is 5.91 Å². The molecule has 1 aliphatic rings. The van der Waals surface area contributed by atoms with Crippen LogP contribution in [-0.2, 0) is 11.3 Å². The maximum Gasteiger partial charge on any atom is 0.274 e. The Bertz CT molecular complexity index is 991. The van der Waals surface area contributed by atoms with Crippen molar-refractivity contribution in [3.8, 4) is 28.7 Å². The van der Waals surface area contributed by atoms with Crippen molar-refractivity contribution in [2.24, 2.45) is 0 Å². The topological polar surface area (TPSA) is 82.2 Å². The molecule has 1 saturated carbocycles. The minimum Gasteiger partial charge on any atom is -0.494 e. The molecule has 1 amide bonds. The van der Waals surface area contributed by atoms with Crippen molar-refractivity contribution in [2.45, 2.75) is 44.7 Å². The summed E-state index contributed by atoms with van der Waals surface area (Å²) in [5, 5.41) is 7.05. The number of carbonyl (C=O) groups is 1. The van der Waals surface area contributed by atoms with E-state index >= 15 is 0 Å². The number of methoxy groups -OCH3 is 1. The number of rotatable bonds is 6. The van der Waals surface area contributed by atoms with Gasteiger partial charge in [-0.15, -0.1) is 0 Å². The Kier molecular flexibility index (Phi) is 5.59. The van der Waals surface area contributed by atoms with E-state index in [2.05, 4.69) is 15.5 Å². The molecule has 0 radical (unpaired) electrons. The van der Waals surface area contributed by atoms with Crippen LogP contribution in [0, 0.1) is 5.82 Å². The Labute approximate surface area is 167 Å². The fraction of sp³-hybridized carbons (Fsp3) is 0.381. The highest BCUT2D eigenvalue weighted by molar-refractivity contribution is 5.76. The molecule has 2 heterocycles. The van der Waals surface area contributed by atoms with Gasteiger partial charge >= 0.3 is 0 Å². The fourth-order valence-electron chi connectivity index (χ4n) is 3.67. The summed E-state index contributed by atoms with van der Waals surface area (Å²) in [6, 6.07) is 8.35. The molecule has 1 N–H and O–H groups in total.